The van der Waals surface area contributed by atoms with Gasteiger partial charge < -0.3 is 10.2 Å². The van der Waals surface area contributed by atoms with E-state index in [1.807, 2.05) is 28.5 Å². The van der Waals surface area contributed by atoms with E-state index in [1.54, 1.807) is 13.0 Å². The van der Waals surface area contributed by atoms with Crippen LogP contribution in [0.3, 0.4) is 0 Å². The Labute approximate surface area is 146 Å². The largest absolute Gasteiger partial charge is 0.340 e. The van der Waals surface area contributed by atoms with Gasteiger partial charge in [-0.05, 0) is 49.3 Å². The number of nitrogens with zero attached hydrogens (tertiary/aromatic N) is 1. The molecule has 2 heterocycles. The number of nitrogens with one attached hydrogen (secondary N) is 1. The number of amides is 2. The fourth-order valence-corrected chi connectivity index (χ4v) is 3.93. The molecule has 0 bridgehead atoms. The van der Waals surface area contributed by atoms with Crippen LogP contribution in [-0.2, 0) is 4.79 Å². The number of likely N-dealkylation sites (tertiary alicyclic amines) is 1. The van der Waals surface area contributed by atoms with Crippen LogP contribution in [0, 0.1) is 6.92 Å². The van der Waals surface area contributed by atoms with Crippen molar-refractivity contribution in [2.24, 2.45) is 0 Å². The fraction of sp³-hybridized carbons (Fsp3) is 0.368. The van der Waals surface area contributed by atoms with Gasteiger partial charge in [-0.15, -0.1) is 11.3 Å². The summed E-state index contributed by atoms with van der Waals surface area (Å²) < 4.78 is 0. The standard InChI is InChI=1S/C19H22N2O2S/c1-13-7-3-4-8-15(13)16-9-5-11-21(16)19(23)14(2)20-18(22)17-10-6-12-24-17/h3-4,6-8,10,12,14,16H,5,9,11H2,1-2H3,(H,20,22)/t14-,16+/m1/s1. The molecule has 2 aromatic rings. The smallest absolute Gasteiger partial charge is 0.261 e. The lowest BCUT2D eigenvalue weighted by molar-refractivity contribution is -0.133. The minimum atomic E-state index is -0.524. The first-order valence-electron chi connectivity index (χ1n) is 8.28. The van der Waals surface area contributed by atoms with Crippen LogP contribution in [-0.4, -0.2) is 29.3 Å². The second kappa shape index (κ2) is 7.18. The van der Waals surface area contributed by atoms with Gasteiger partial charge in [-0.3, -0.25) is 9.59 Å². The molecule has 0 radical (unpaired) electrons. The van der Waals surface area contributed by atoms with Gasteiger partial charge in [0.2, 0.25) is 5.91 Å². The lowest BCUT2D eigenvalue weighted by Crippen LogP contribution is -2.46. The van der Waals surface area contributed by atoms with E-state index in [0.717, 1.165) is 19.4 Å². The van der Waals surface area contributed by atoms with E-state index in [-0.39, 0.29) is 17.9 Å². The van der Waals surface area contributed by atoms with E-state index in [4.69, 9.17) is 0 Å². The molecule has 2 amide bonds. The molecule has 24 heavy (non-hydrogen) atoms. The van der Waals surface area contributed by atoms with Gasteiger partial charge in [0, 0.05) is 6.54 Å². The number of hydrogen-bond acceptors (Lipinski definition) is 3. The number of carbonyl (C=O) groups excluding carboxylic acids is 2. The summed E-state index contributed by atoms with van der Waals surface area (Å²) in [6, 6.07) is 11.4. The summed E-state index contributed by atoms with van der Waals surface area (Å²) in [4.78, 5) is 27.6. The van der Waals surface area contributed by atoms with Gasteiger partial charge in [-0.2, -0.15) is 0 Å². The molecule has 2 atom stereocenters. The summed E-state index contributed by atoms with van der Waals surface area (Å²) in [5.41, 5.74) is 2.41. The predicted molar refractivity (Wildman–Crippen MR) is 96.1 cm³/mol. The number of thiophene rings is 1. The zero-order valence-electron chi connectivity index (χ0n) is 14.0. The minimum Gasteiger partial charge on any atom is -0.340 e. The number of hydrogen-bond donors (Lipinski definition) is 1. The van der Waals surface area contributed by atoms with Crippen LogP contribution in [0.2, 0.25) is 0 Å². The third-order valence-electron chi connectivity index (χ3n) is 4.55. The molecule has 0 spiro atoms. The second-order valence-corrected chi connectivity index (χ2v) is 7.17. The van der Waals surface area contributed by atoms with Gasteiger partial charge >= 0.3 is 0 Å². The van der Waals surface area contributed by atoms with E-state index in [2.05, 4.69) is 24.4 Å². The number of rotatable bonds is 4. The van der Waals surface area contributed by atoms with Crippen molar-refractivity contribution in [1.82, 2.24) is 10.2 Å². The average Bonchev–Trinajstić information content (AvgIpc) is 3.26. The first-order valence-corrected chi connectivity index (χ1v) is 9.16. The summed E-state index contributed by atoms with van der Waals surface area (Å²) in [5, 5.41) is 4.68. The summed E-state index contributed by atoms with van der Waals surface area (Å²) in [6.45, 7) is 4.59. The Morgan fingerprint density at radius 3 is 2.75 bits per heavy atom. The topological polar surface area (TPSA) is 49.4 Å². The molecule has 4 nitrogen and oxygen atoms in total. The Hall–Kier alpha value is -2.14. The molecule has 1 saturated heterocycles. The summed E-state index contributed by atoms with van der Waals surface area (Å²) in [6.07, 6.45) is 1.97. The summed E-state index contributed by atoms with van der Waals surface area (Å²) in [7, 11) is 0. The Balaban J connectivity index is 1.71. The molecule has 5 heteroatoms. The molecular weight excluding hydrogens is 320 g/mol. The van der Waals surface area contributed by atoms with Crippen LogP contribution in [0.15, 0.2) is 41.8 Å². The molecule has 1 aliphatic heterocycles. The van der Waals surface area contributed by atoms with Crippen molar-refractivity contribution in [2.45, 2.75) is 38.8 Å². The third kappa shape index (κ3) is 3.36. The van der Waals surface area contributed by atoms with Crippen LogP contribution in [0.25, 0.3) is 0 Å². The first-order chi connectivity index (χ1) is 11.6. The first kappa shape index (κ1) is 16.7. The second-order valence-electron chi connectivity index (χ2n) is 6.22. The highest BCUT2D eigenvalue weighted by Crippen LogP contribution is 2.34. The molecule has 0 saturated carbocycles. The Morgan fingerprint density at radius 1 is 1.25 bits per heavy atom. The van der Waals surface area contributed by atoms with Crippen LogP contribution >= 0.6 is 11.3 Å². The normalized spacial score (nSPS) is 18.4. The zero-order valence-corrected chi connectivity index (χ0v) is 14.8. The highest BCUT2D eigenvalue weighted by Gasteiger charge is 2.33. The van der Waals surface area contributed by atoms with Gasteiger partial charge in [0.15, 0.2) is 0 Å². The average molecular weight is 342 g/mol. The molecule has 1 fully saturated rings. The monoisotopic (exact) mass is 342 g/mol. The van der Waals surface area contributed by atoms with Crippen LogP contribution < -0.4 is 5.32 Å². The Bertz CT molecular complexity index is 727. The van der Waals surface area contributed by atoms with Crippen molar-refractivity contribution in [3.8, 4) is 0 Å². The lowest BCUT2D eigenvalue weighted by Gasteiger charge is -2.29. The summed E-state index contributed by atoms with van der Waals surface area (Å²) >= 11 is 1.38. The molecule has 1 N–H and O–H groups in total. The molecule has 3 rings (SSSR count). The summed E-state index contributed by atoms with van der Waals surface area (Å²) in [5.74, 6) is -0.192. The molecule has 1 aromatic carbocycles. The van der Waals surface area contributed by atoms with Gasteiger partial charge in [0.05, 0.1) is 10.9 Å². The lowest BCUT2D eigenvalue weighted by atomic mass is 9.99. The van der Waals surface area contributed by atoms with E-state index in [1.165, 1.54) is 22.5 Å². The maximum Gasteiger partial charge on any atom is 0.261 e. The van der Waals surface area contributed by atoms with Gasteiger partial charge in [-0.1, -0.05) is 30.3 Å². The Kier molecular flexibility index (Phi) is 5.00. The maximum absolute atomic E-state index is 12.9. The maximum atomic E-state index is 12.9. The molecule has 0 aliphatic carbocycles. The number of carbonyl (C=O) groups is 2. The molecule has 0 unspecified atom stereocenters. The van der Waals surface area contributed by atoms with Crippen molar-refractivity contribution >= 4 is 23.2 Å². The number of benzene rings is 1. The van der Waals surface area contributed by atoms with Gasteiger partial charge in [-0.25, -0.2) is 0 Å². The van der Waals surface area contributed by atoms with E-state index in [0.29, 0.717) is 4.88 Å². The highest BCUT2D eigenvalue weighted by molar-refractivity contribution is 7.12. The van der Waals surface area contributed by atoms with Gasteiger partial charge in [0.1, 0.15) is 6.04 Å². The molecule has 1 aromatic heterocycles. The highest BCUT2D eigenvalue weighted by atomic mass is 32.1. The Morgan fingerprint density at radius 2 is 2.04 bits per heavy atom. The molecule has 1 aliphatic rings. The van der Waals surface area contributed by atoms with Crippen LogP contribution in [0.4, 0.5) is 0 Å². The van der Waals surface area contributed by atoms with Crippen LogP contribution in [0.5, 0.6) is 0 Å². The van der Waals surface area contributed by atoms with Crippen molar-refractivity contribution in [3.63, 3.8) is 0 Å². The minimum absolute atomic E-state index is 0.00865. The fourth-order valence-electron chi connectivity index (χ4n) is 3.30. The predicted octanol–water partition coefficient (Wildman–Crippen LogP) is 3.54. The van der Waals surface area contributed by atoms with E-state index >= 15 is 0 Å². The van der Waals surface area contributed by atoms with Crippen molar-refractivity contribution in [3.05, 3.63) is 57.8 Å². The SMILES string of the molecule is Cc1ccccc1[C@@H]1CCCN1C(=O)[C@@H](C)NC(=O)c1cccs1. The van der Waals surface area contributed by atoms with E-state index < -0.39 is 6.04 Å². The van der Waals surface area contributed by atoms with Crippen molar-refractivity contribution in [1.29, 1.82) is 0 Å². The molecule has 126 valence electrons. The zero-order chi connectivity index (χ0) is 17.1. The molecular formula is C19H22N2O2S. The number of aryl methyl sites for hydroxylation is 1. The van der Waals surface area contributed by atoms with Gasteiger partial charge in [0.25, 0.3) is 5.91 Å². The quantitative estimate of drug-likeness (QED) is 0.924. The van der Waals surface area contributed by atoms with Crippen LogP contribution in [0.1, 0.15) is 46.6 Å². The van der Waals surface area contributed by atoms with Crippen molar-refractivity contribution < 1.29 is 9.59 Å². The van der Waals surface area contributed by atoms with Crippen molar-refractivity contribution in [2.75, 3.05) is 6.54 Å². The third-order valence-corrected chi connectivity index (χ3v) is 5.41. The van der Waals surface area contributed by atoms with E-state index in [9.17, 15) is 9.59 Å².